The number of fused-ring (bicyclic) bond motifs is 1. The number of phenolic OH excluding ortho intramolecular Hbond substituents is 1. The Balaban J connectivity index is 1.34. The summed E-state index contributed by atoms with van der Waals surface area (Å²) in [6.07, 6.45) is 9.28. The minimum absolute atomic E-state index is 0.215. The molecule has 1 aliphatic heterocycles. The number of benzene rings is 1. The molecule has 2 aliphatic rings. The Labute approximate surface area is 171 Å². The Hall–Kier alpha value is -1.85. The Morgan fingerprint density at radius 1 is 1.21 bits per heavy atom. The van der Waals surface area contributed by atoms with Gasteiger partial charge in [-0.05, 0) is 43.9 Å². The number of aromatic nitrogens is 1. The minimum Gasteiger partial charge on any atom is -0.505 e. The van der Waals surface area contributed by atoms with Crippen molar-refractivity contribution in [2.24, 2.45) is 5.92 Å². The van der Waals surface area contributed by atoms with Gasteiger partial charge in [0.05, 0.1) is 5.02 Å². The van der Waals surface area contributed by atoms with Gasteiger partial charge in [-0.25, -0.2) is 0 Å². The minimum atomic E-state index is 0.215. The van der Waals surface area contributed by atoms with Crippen molar-refractivity contribution < 1.29 is 9.90 Å². The second kappa shape index (κ2) is 8.66. The van der Waals surface area contributed by atoms with Gasteiger partial charge < -0.3 is 10.4 Å². The first-order valence-corrected chi connectivity index (χ1v) is 10.8. The number of halogens is 1. The van der Waals surface area contributed by atoms with Crippen molar-refractivity contribution >= 4 is 28.4 Å². The molecule has 4 rings (SSSR count). The number of nitrogens with one attached hydrogen (secondary N) is 1. The van der Waals surface area contributed by atoms with E-state index in [1.807, 2.05) is 18.2 Å². The number of rotatable bonds is 4. The maximum atomic E-state index is 12.5. The molecule has 1 saturated heterocycles. The second-order valence-electron chi connectivity index (χ2n) is 8.16. The van der Waals surface area contributed by atoms with Crippen LogP contribution in [0, 0.1) is 5.92 Å². The van der Waals surface area contributed by atoms with Crippen LogP contribution in [0.1, 0.15) is 50.5 Å². The highest BCUT2D eigenvalue weighted by Crippen LogP contribution is 2.34. The number of hydrogen-bond donors (Lipinski definition) is 2. The molecule has 0 spiro atoms. The fourth-order valence-electron chi connectivity index (χ4n) is 4.52. The van der Waals surface area contributed by atoms with E-state index in [0.717, 1.165) is 49.7 Å². The van der Waals surface area contributed by atoms with Crippen molar-refractivity contribution in [3.8, 4) is 5.75 Å². The molecule has 6 heteroatoms. The van der Waals surface area contributed by atoms with Crippen molar-refractivity contribution in [1.82, 2.24) is 15.2 Å². The third-order valence-electron chi connectivity index (χ3n) is 6.20. The fraction of sp³-hybridized carbons (Fsp3) is 0.545. The van der Waals surface area contributed by atoms with Crippen LogP contribution >= 0.6 is 11.6 Å². The zero-order chi connectivity index (χ0) is 19.5. The molecule has 0 radical (unpaired) electrons. The molecule has 1 aromatic heterocycles. The predicted octanol–water partition coefficient (Wildman–Crippen LogP) is 4.25. The number of phenols is 1. The predicted molar refractivity (Wildman–Crippen MR) is 111 cm³/mol. The van der Waals surface area contributed by atoms with Crippen molar-refractivity contribution in [3.63, 3.8) is 0 Å². The number of hydrogen-bond acceptors (Lipinski definition) is 4. The molecule has 1 aromatic carbocycles. The van der Waals surface area contributed by atoms with Gasteiger partial charge >= 0.3 is 0 Å². The zero-order valence-electron chi connectivity index (χ0n) is 16.2. The highest BCUT2D eigenvalue weighted by atomic mass is 35.5. The lowest BCUT2D eigenvalue weighted by atomic mass is 9.88. The second-order valence-corrected chi connectivity index (χ2v) is 8.57. The lowest BCUT2D eigenvalue weighted by Gasteiger charge is -2.33. The molecule has 2 fully saturated rings. The normalized spacial score (nSPS) is 19.8. The molecule has 2 aromatic rings. The fourth-order valence-corrected chi connectivity index (χ4v) is 4.80. The van der Waals surface area contributed by atoms with Crippen LogP contribution in [0.2, 0.25) is 5.02 Å². The van der Waals surface area contributed by atoms with Crippen LogP contribution < -0.4 is 5.32 Å². The van der Waals surface area contributed by atoms with E-state index < -0.39 is 0 Å². The SMILES string of the molecule is O=C(NC1CCN(Cc2cc(Cl)c3cccnc3c2O)CC1)C1CCCCC1. The zero-order valence-corrected chi connectivity index (χ0v) is 16.9. The Kier molecular flexibility index (Phi) is 6.02. The number of nitrogens with zero attached hydrogens (tertiary/aromatic N) is 2. The third-order valence-corrected chi connectivity index (χ3v) is 6.51. The summed E-state index contributed by atoms with van der Waals surface area (Å²) >= 11 is 6.39. The van der Waals surface area contributed by atoms with Crippen LogP contribution in [0.3, 0.4) is 0 Å². The number of amides is 1. The molecule has 1 aliphatic carbocycles. The molecule has 0 bridgehead atoms. The quantitative estimate of drug-likeness (QED) is 0.803. The average Bonchev–Trinajstić information content (AvgIpc) is 2.74. The Bertz CT molecular complexity index is 843. The summed E-state index contributed by atoms with van der Waals surface area (Å²) in [4.78, 5) is 19.1. The van der Waals surface area contributed by atoms with E-state index >= 15 is 0 Å². The summed E-state index contributed by atoms with van der Waals surface area (Å²) < 4.78 is 0. The van der Waals surface area contributed by atoms with Crippen LogP contribution in [0.4, 0.5) is 0 Å². The lowest BCUT2D eigenvalue weighted by molar-refractivity contribution is -0.127. The summed E-state index contributed by atoms with van der Waals surface area (Å²) in [5.41, 5.74) is 1.36. The highest BCUT2D eigenvalue weighted by molar-refractivity contribution is 6.35. The number of carbonyl (C=O) groups excluding carboxylic acids is 1. The Morgan fingerprint density at radius 3 is 2.71 bits per heavy atom. The van der Waals surface area contributed by atoms with Gasteiger partial charge in [0.1, 0.15) is 11.3 Å². The molecule has 1 amide bonds. The third kappa shape index (κ3) is 4.26. The van der Waals surface area contributed by atoms with Crippen LogP contribution in [-0.2, 0) is 11.3 Å². The molecule has 28 heavy (non-hydrogen) atoms. The van der Waals surface area contributed by atoms with E-state index in [-0.39, 0.29) is 23.6 Å². The van der Waals surface area contributed by atoms with Gasteiger partial charge in [0, 0.05) is 48.7 Å². The van der Waals surface area contributed by atoms with Gasteiger partial charge in [0.25, 0.3) is 0 Å². The molecule has 2 N–H and O–H groups in total. The molecule has 1 saturated carbocycles. The first-order valence-electron chi connectivity index (χ1n) is 10.4. The molecule has 0 atom stereocenters. The molecule has 150 valence electrons. The van der Waals surface area contributed by atoms with Gasteiger partial charge in [-0.3, -0.25) is 14.7 Å². The summed E-state index contributed by atoms with van der Waals surface area (Å²) in [5.74, 6) is 0.687. The monoisotopic (exact) mass is 401 g/mol. The van der Waals surface area contributed by atoms with Crippen molar-refractivity contribution in [2.45, 2.75) is 57.5 Å². The van der Waals surface area contributed by atoms with Crippen LogP contribution in [-0.4, -0.2) is 40.0 Å². The molecule has 5 nitrogen and oxygen atoms in total. The first-order chi connectivity index (χ1) is 13.6. The standard InChI is InChI=1S/C22H28ClN3O2/c23-19-13-16(21(27)20-18(19)7-4-10-24-20)14-26-11-8-17(9-12-26)25-22(28)15-5-2-1-3-6-15/h4,7,10,13,15,17,27H,1-3,5-6,8-9,11-12,14H2,(H,25,28). The van der Waals surface area contributed by atoms with Crippen molar-refractivity contribution in [1.29, 1.82) is 0 Å². The van der Waals surface area contributed by atoms with E-state index in [1.54, 1.807) is 6.20 Å². The van der Waals surface area contributed by atoms with Crippen molar-refractivity contribution in [2.75, 3.05) is 13.1 Å². The molecule has 2 heterocycles. The van der Waals surface area contributed by atoms with E-state index in [9.17, 15) is 9.90 Å². The topological polar surface area (TPSA) is 65.5 Å². The molecular weight excluding hydrogens is 374 g/mol. The first kappa shape index (κ1) is 19.5. The lowest BCUT2D eigenvalue weighted by Crippen LogP contribution is -2.46. The largest absolute Gasteiger partial charge is 0.505 e. The van der Waals surface area contributed by atoms with Crippen LogP contribution in [0.25, 0.3) is 10.9 Å². The highest BCUT2D eigenvalue weighted by Gasteiger charge is 2.26. The summed E-state index contributed by atoms with van der Waals surface area (Å²) in [6, 6.07) is 5.80. The number of pyridine rings is 1. The molecule has 0 unspecified atom stereocenters. The number of piperidine rings is 1. The number of carbonyl (C=O) groups is 1. The average molecular weight is 402 g/mol. The van der Waals surface area contributed by atoms with E-state index in [2.05, 4.69) is 15.2 Å². The van der Waals surface area contributed by atoms with Crippen molar-refractivity contribution in [3.05, 3.63) is 35.0 Å². The smallest absolute Gasteiger partial charge is 0.223 e. The van der Waals surface area contributed by atoms with Gasteiger partial charge in [0.2, 0.25) is 5.91 Å². The summed E-state index contributed by atoms with van der Waals surface area (Å²) in [5, 5.41) is 15.3. The van der Waals surface area contributed by atoms with Gasteiger partial charge in [-0.15, -0.1) is 0 Å². The number of aromatic hydroxyl groups is 1. The number of likely N-dealkylation sites (tertiary alicyclic amines) is 1. The van der Waals surface area contributed by atoms with Gasteiger partial charge in [0.15, 0.2) is 0 Å². The van der Waals surface area contributed by atoms with Gasteiger partial charge in [-0.2, -0.15) is 0 Å². The van der Waals surface area contributed by atoms with E-state index in [4.69, 9.17) is 11.6 Å². The van der Waals surface area contributed by atoms with E-state index in [0.29, 0.717) is 17.1 Å². The van der Waals surface area contributed by atoms with Gasteiger partial charge in [-0.1, -0.05) is 30.9 Å². The molecular formula is C22H28ClN3O2. The Morgan fingerprint density at radius 2 is 1.96 bits per heavy atom. The maximum absolute atomic E-state index is 12.5. The summed E-state index contributed by atoms with van der Waals surface area (Å²) in [6.45, 7) is 2.43. The van der Waals surface area contributed by atoms with Crippen LogP contribution in [0.5, 0.6) is 5.75 Å². The maximum Gasteiger partial charge on any atom is 0.223 e. The van der Waals surface area contributed by atoms with E-state index in [1.165, 1.54) is 19.3 Å². The summed E-state index contributed by atoms with van der Waals surface area (Å²) in [7, 11) is 0. The van der Waals surface area contributed by atoms with Crippen LogP contribution in [0.15, 0.2) is 24.4 Å².